The number of nitrogen functional groups attached to an aromatic ring is 1. The molecule has 0 aliphatic rings. The molecule has 0 atom stereocenters. The maximum Gasteiger partial charge on any atom is 0.435 e. The molecule has 0 aromatic carbocycles. The molecule has 1 aromatic heterocycles. The van der Waals surface area contributed by atoms with E-state index in [9.17, 15) is 13.2 Å². The molecule has 0 bridgehead atoms. The highest BCUT2D eigenvalue weighted by molar-refractivity contribution is 5.18. The maximum absolute atomic E-state index is 12.0. The fourth-order valence-electron chi connectivity index (χ4n) is 0.802. The topological polar surface area (TPSA) is 43.8 Å². The van der Waals surface area contributed by atoms with Crippen molar-refractivity contribution >= 4 is 0 Å². The Bertz CT molecular complexity index is 247. The van der Waals surface area contributed by atoms with Gasteiger partial charge in [-0.1, -0.05) is 27.7 Å². The zero-order valence-electron chi connectivity index (χ0n) is 9.68. The first-order valence-corrected chi connectivity index (χ1v) is 4.80. The van der Waals surface area contributed by atoms with Gasteiger partial charge in [0, 0.05) is 5.56 Å². The second-order valence-corrected chi connectivity index (χ2v) is 2.12. The third-order valence-electron chi connectivity index (χ3n) is 1.25. The van der Waals surface area contributed by atoms with Crippen LogP contribution in [0.3, 0.4) is 0 Å². The summed E-state index contributed by atoms with van der Waals surface area (Å²) in [4.78, 5) is 0.329. The minimum atomic E-state index is -4.42. The van der Waals surface area contributed by atoms with Gasteiger partial charge in [0.2, 0.25) is 0 Å². The van der Waals surface area contributed by atoms with Crippen LogP contribution in [0.25, 0.3) is 0 Å². The predicted octanol–water partition coefficient (Wildman–Crippen LogP) is 2.98. The molecule has 0 spiro atoms. The normalized spacial score (nSPS) is 9.60. The molecule has 0 aliphatic carbocycles. The van der Waals surface area contributed by atoms with Crippen LogP contribution in [0, 0.1) is 6.92 Å². The molecule has 1 rings (SSSR count). The van der Waals surface area contributed by atoms with Crippen LogP contribution < -0.4 is 5.84 Å². The van der Waals surface area contributed by atoms with Crippen LogP contribution in [0.2, 0.25) is 0 Å². The minimum absolute atomic E-state index is 0.0278. The summed E-state index contributed by atoms with van der Waals surface area (Å²) in [6.07, 6.45) is -3.35. The van der Waals surface area contributed by atoms with Gasteiger partial charge < -0.3 is 5.84 Å². The molecular weight excluding hydrogens is 207 g/mol. The van der Waals surface area contributed by atoms with Crippen molar-refractivity contribution in [1.82, 2.24) is 9.89 Å². The number of aryl methyl sites for hydroxylation is 1. The summed E-state index contributed by atoms with van der Waals surface area (Å²) in [5, 5.41) is 3.26. The summed E-state index contributed by atoms with van der Waals surface area (Å²) in [6, 6.07) is 0. The predicted molar refractivity (Wildman–Crippen MR) is 54.8 cm³/mol. The van der Waals surface area contributed by atoms with E-state index in [-0.39, 0.29) is 5.56 Å². The summed E-state index contributed by atoms with van der Waals surface area (Å²) in [7, 11) is 0. The number of hydrogen-bond donors (Lipinski definition) is 1. The van der Waals surface area contributed by atoms with Crippen molar-refractivity contribution in [1.29, 1.82) is 0 Å². The van der Waals surface area contributed by atoms with Gasteiger partial charge in [-0.3, -0.25) is 0 Å². The number of halogens is 3. The highest BCUT2D eigenvalue weighted by atomic mass is 19.4. The lowest BCUT2D eigenvalue weighted by Crippen LogP contribution is -2.21. The Hall–Kier alpha value is -1.20. The Balaban J connectivity index is 0. The van der Waals surface area contributed by atoms with Crippen LogP contribution in [0.15, 0.2) is 6.20 Å². The Morgan fingerprint density at radius 2 is 1.60 bits per heavy atom. The fraction of sp³-hybridized carbons (Fsp3) is 0.667. The van der Waals surface area contributed by atoms with E-state index in [1.807, 2.05) is 27.7 Å². The standard InChI is InChI=1S/C5H6F3N3.2C2H6/c1-3-2-10-11(9)4(3)5(6,7)8;2*1-2/h2H,9H2,1H3;2*1-2H3. The van der Waals surface area contributed by atoms with Crippen molar-refractivity contribution in [3.8, 4) is 0 Å². The highest BCUT2D eigenvalue weighted by Crippen LogP contribution is 2.30. The van der Waals surface area contributed by atoms with Crippen molar-refractivity contribution in [2.24, 2.45) is 0 Å². The van der Waals surface area contributed by atoms with E-state index in [1.54, 1.807) is 0 Å². The lowest BCUT2D eigenvalue weighted by atomic mass is 10.3. The van der Waals surface area contributed by atoms with E-state index in [0.717, 1.165) is 6.20 Å². The molecule has 6 heteroatoms. The first-order valence-electron chi connectivity index (χ1n) is 4.80. The Morgan fingerprint density at radius 3 is 1.73 bits per heavy atom. The van der Waals surface area contributed by atoms with E-state index in [4.69, 9.17) is 5.84 Å². The quantitative estimate of drug-likeness (QED) is 0.690. The van der Waals surface area contributed by atoms with Gasteiger partial charge >= 0.3 is 6.18 Å². The van der Waals surface area contributed by atoms with E-state index in [2.05, 4.69) is 5.10 Å². The number of hydrogen-bond acceptors (Lipinski definition) is 2. The van der Waals surface area contributed by atoms with Crippen molar-refractivity contribution in [3.05, 3.63) is 17.5 Å². The Kier molecular flexibility index (Phi) is 7.73. The van der Waals surface area contributed by atoms with Gasteiger partial charge in [0.15, 0.2) is 5.69 Å². The molecule has 2 N–H and O–H groups in total. The van der Waals surface area contributed by atoms with E-state index >= 15 is 0 Å². The monoisotopic (exact) mass is 225 g/mol. The van der Waals surface area contributed by atoms with Gasteiger partial charge in [0.05, 0.1) is 6.20 Å². The summed E-state index contributed by atoms with van der Waals surface area (Å²) in [5.74, 6) is 4.91. The molecule has 1 heterocycles. The second kappa shape index (κ2) is 7.14. The molecule has 0 unspecified atom stereocenters. The van der Waals surface area contributed by atoms with Crippen LogP contribution >= 0.6 is 0 Å². The van der Waals surface area contributed by atoms with Gasteiger partial charge in [0.1, 0.15) is 0 Å². The lowest BCUT2D eigenvalue weighted by Gasteiger charge is -2.06. The molecule has 90 valence electrons. The molecule has 15 heavy (non-hydrogen) atoms. The van der Waals surface area contributed by atoms with Gasteiger partial charge in [-0.25, -0.2) is 0 Å². The van der Waals surface area contributed by atoms with E-state index in [1.165, 1.54) is 6.92 Å². The van der Waals surface area contributed by atoms with E-state index < -0.39 is 11.9 Å². The minimum Gasteiger partial charge on any atom is -0.323 e. The number of nitrogens with zero attached hydrogens (tertiary/aromatic N) is 2. The zero-order chi connectivity index (χ0) is 12.6. The molecule has 0 saturated carbocycles. The smallest absolute Gasteiger partial charge is 0.323 e. The molecule has 0 saturated heterocycles. The molecule has 0 amide bonds. The van der Waals surface area contributed by atoms with Gasteiger partial charge in [-0.15, -0.1) is 0 Å². The lowest BCUT2D eigenvalue weighted by molar-refractivity contribution is -0.143. The summed E-state index contributed by atoms with van der Waals surface area (Å²) in [6.45, 7) is 9.30. The first-order chi connectivity index (χ1) is 6.93. The second-order valence-electron chi connectivity index (χ2n) is 2.12. The summed E-state index contributed by atoms with van der Waals surface area (Å²) >= 11 is 0. The maximum atomic E-state index is 12.0. The molecule has 1 aromatic rings. The van der Waals surface area contributed by atoms with Crippen LogP contribution in [-0.2, 0) is 6.18 Å². The van der Waals surface area contributed by atoms with Crippen LogP contribution in [0.4, 0.5) is 13.2 Å². The Morgan fingerprint density at radius 1 is 1.20 bits per heavy atom. The van der Waals surface area contributed by atoms with Crippen LogP contribution in [0.5, 0.6) is 0 Å². The molecular formula is C9H18F3N3. The number of aromatic nitrogens is 2. The number of nitrogens with two attached hydrogens (primary N) is 1. The number of alkyl halides is 3. The first kappa shape index (κ1) is 16.2. The Labute approximate surface area is 88.0 Å². The van der Waals surface area contributed by atoms with Gasteiger partial charge in [-0.2, -0.15) is 23.1 Å². The molecule has 0 fully saturated rings. The van der Waals surface area contributed by atoms with Crippen molar-refractivity contribution in [2.45, 2.75) is 40.8 Å². The zero-order valence-corrected chi connectivity index (χ0v) is 9.68. The van der Waals surface area contributed by atoms with Crippen molar-refractivity contribution in [2.75, 3.05) is 5.84 Å². The molecule has 0 aliphatic heterocycles. The third kappa shape index (κ3) is 4.71. The fourth-order valence-corrected chi connectivity index (χ4v) is 0.802. The van der Waals surface area contributed by atoms with Crippen LogP contribution in [-0.4, -0.2) is 9.89 Å². The van der Waals surface area contributed by atoms with Crippen LogP contribution in [0.1, 0.15) is 39.0 Å². The number of rotatable bonds is 0. The van der Waals surface area contributed by atoms with Gasteiger partial charge in [0.25, 0.3) is 0 Å². The highest BCUT2D eigenvalue weighted by Gasteiger charge is 2.36. The van der Waals surface area contributed by atoms with Crippen molar-refractivity contribution in [3.63, 3.8) is 0 Å². The average molecular weight is 225 g/mol. The van der Waals surface area contributed by atoms with Gasteiger partial charge in [-0.05, 0) is 6.92 Å². The largest absolute Gasteiger partial charge is 0.435 e. The average Bonchev–Trinajstić information content (AvgIpc) is 2.52. The van der Waals surface area contributed by atoms with E-state index in [0.29, 0.717) is 4.79 Å². The molecule has 3 nitrogen and oxygen atoms in total. The summed E-state index contributed by atoms with van der Waals surface area (Å²) < 4.78 is 36.0. The third-order valence-corrected chi connectivity index (χ3v) is 1.25. The molecule has 0 radical (unpaired) electrons. The summed E-state index contributed by atoms with van der Waals surface area (Å²) in [5.41, 5.74) is -0.877. The SMILES string of the molecule is CC.CC.Cc1cnn(N)c1C(F)(F)F. The van der Waals surface area contributed by atoms with Crippen molar-refractivity contribution < 1.29 is 13.2 Å².